The number of primary amides is 1. The molecule has 4 aromatic rings. The van der Waals surface area contributed by atoms with Crippen LogP contribution in [0, 0.1) is 6.92 Å². The van der Waals surface area contributed by atoms with E-state index >= 15 is 0 Å². The number of fused-ring (bicyclic) bond motifs is 1. The predicted molar refractivity (Wildman–Crippen MR) is 98.0 cm³/mol. The molecule has 1 amide bonds. The number of rotatable bonds is 3. The third kappa shape index (κ3) is 2.76. The first-order valence-electron chi connectivity index (χ1n) is 7.93. The van der Waals surface area contributed by atoms with Gasteiger partial charge in [-0.3, -0.25) is 9.89 Å². The van der Waals surface area contributed by atoms with Crippen molar-refractivity contribution in [2.75, 3.05) is 0 Å². The second-order valence-electron chi connectivity index (χ2n) is 5.97. The van der Waals surface area contributed by atoms with Gasteiger partial charge in [0.1, 0.15) is 0 Å². The number of carbonyl (C=O) groups excluding carboxylic acids is 1. The second-order valence-corrected chi connectivity index (χ2v) is 5.97. The molecule has 0 aliphatic rings. The molecule has 0 aliphatic heterocycles. The van der Waals surface area contributed by atoms with E-state index in [-0.39, 0.29) is 0 Å². The number of nitrogens with two attached hydrogens (primary N) is 1. The Morgan fingerprint density at radius 1 is 1.00 bits per heavy atom. The van der Waals surface area contributed by atoms with Gasteiger partial charge in [0.15, 0.2) is 0 Å². The van der Waals surface area contributed by atoms with E-state index in [0.717, 1.165) is 39.0 Å². The van der Waals surface area contributed by atoms with Gasteiger partial charge in [-0.1, -0.05) is 18.2 Å². The highest BCUT2D eigenvalue weighted by atomic mass is 16.1. The van der Waals surface area contributed by atoms with Gasteiger partial charge < -0.3 is 5.73 Å². The van der Waals surface area contributed by atoms with Crippen LogP contribution in [0.25, 0.3) is 33.4 Å². The van der Waals surface area contributed by atoms with E-state index in [1.165, 1.54) is 0 Å². The number of amides is 1. The molecule has 0 bridgehead atoms. The summed E-state index contributed by atoms with van der Waals surface area (Å²) in [5, 5.41) is 8.08. The number of hydrogen-bond donors (Lipinski definition) is 2. The van der Waals surface area contributed by atoms with Crippen LogP contribution in [0.5, 0.6) is 0 Å². The summed E-state index contributed by atoms with van der Waals surface area (Å²) >= 11 is 0. The fourth-order valence-electron chi connectivity index (χ4n) is 2.93. The summed E-state index contributed by atoms with van der Waals surface area (Å²) in [5.74, 6) is -0.430. The van der Waals surface area contributed by atoms with Gasteiger partial charge in [-0.15, -0.1) is 0 Å². The largest absolute Gasteiger partial charge is 0.366 e. The van der Waals surface area contributed by atoms with E-state index in [4.69, 9.17) is 10.7 Å². The lowest BCUT2D eigenvalue weighted by atomic mass is 10.0. The van der Waals surface area contributed by atoms with Crippen molar-refractivity contribution >= 4 is 16.8 Å². The highest BCUT2D eigenvalue weighted by molar-refractivity contribution is 5.93. The molecule has 0 unspecified atom stereocenters. The van der Waals surface area contributed by atoms with Gasteiger partial charge in [0, 0.05) is 28.3 Å². The van der Waals surface area contributed by atoms with Gasteiger partial charge in [-0.25, -0.2) is 4.98 Å². The summed E-state index contributed by atoms with van der Waals surface area (Å²) in [5.41, 5.74) is 11.7. The first-order chi connectivity index (χ1) is 12.1. The van der Waals surface area contributed by atoms with E-state index in [1.54, 1.807) is 18.3 Å². The van der Waals surface area contributed by atoms with Crippen LogP contribution >= 0.6 is 0 Å². The van der Waals surface area contributed by atoms with Crippen molar-refractivity contribution in [3.8, 4) is 22.5 Å². The van der Waals surface area contributed by atoms with Crippen LogP contribution < -0.4 is 5.73 Å². The third-order valence-corrected chi connectivity index (χ3v) is 4.29. The number of aryl methyl sites for hydroxylation is 1. The topological polar surface area (TPSA) is 84.7 Å². The van der Waals surface area contributed by atoms with Crippen LogP contribution in [0.1, 0.15) is 15.9 Å². The van der Waals surface area contributed by atoms with Gasteiger partial charge in [0.05, 0.1) is 16.9 Å². The first-order valence-corrected chi connectivity index (χ1v) is 7.93. The molecule has 3 N–H and O–H groups in total. The van der Waals surface area contributed by atoms with Crippen molar-refractivity contribution in [1.82, 2.24) is 15.2 Å². The number of aromatic nitrogens is 3. The third-order valence-electron chi connectivity index (χ3n) is 4.29. The van der Waals surface area contributed by atoms with E-state index in [1.807, 2.05) is 30.3 Å². The van der Waals surface area contributed by atoms with Crippen LogP contribution in [-0.4, -0.2) is 21.1 Å². The monoisotopic (exact) mass is 328 g/mol. The number of nitrogens with zero attached hydrogens (tertiary/aromatic N) is 2. The molecule has 0 spiro atoms. The number of hydrogen-bond acceptors (Lipinski definition) is 3. The lowest BCUT2D eigenvalue weighted by Gasteiger charge is -2.09. The molecule has 25 heavy (non-hydrogen) atoms. The molecule has 0 radical (unpaired) electrons. The maximum Gasteiger partial charge on any atom is 0.248 e. The molecule has 0 saturated heterocycles. The number of H-pyrrole nitrogens is 1. The van der Waals surface area contributed by atoms with Crippen LogP contribution in [0.3, 0.4) is 0 Å². The number of carbonyl (C=O) groups is 1. The fourth-order valence-corrected chi connectivity index (χ4v) is 2.93. The van der Waals surface area contributed by atoms with Crippen molar-refractivity contribution in [2.24, 2.45) is 5.73 Å². The Kier molecular flexibility index (Phi) is 3.54. The molecule has 122 valence electrons. The Bertz CT molecular complexity index is 1070. The SMILES string of the molecule is Cc1cc(-c2ccc(C(N)=O)cc2)nc2ccc(-c3ccn[nH]3)cc12. The summed E-state index contributed by atoms with van der Waals surface area (Å²) in [6.45, 7) is 2.07. The Hall–Kier alpha value is -3.47. The van der Waals surface area contributed by atoms with Crippen LogP contribution in [0.2, 0.25) is 0 Å². The number of benzene rings is 2. The quantitative estimate of drug-likeness (QED) is 0.601. The minimum atomic E-state index is -0.430. The zero-order valence-electron chi connectivity index (χ0n) is 13.7. The maximum atomic E-state index is 11.2. The maximum absolute atomic E-state index is 11.2. The highest BCUT2D eigenvalue weighted by Gasteiger charge is 2.08. The first kappa shape index (κ1) is 15.1. The van der Waals surface area contributed by atoms with Crippen molar-refractivity contribution in [3.05, 3.63) is 71.9 Å². The second kappa shape index (κ2) is 5.87. The van der Waals surface area contributed by atoms with Crippen LogP contribution in [0.4, 0.5) is 0 Å². The Balaban J connectivity index is 1.79. The Labute approximate surface area is 144 Å². The molecule has 0 fully saturated rings. The standard InChI is InChI=1S/C20H16N4O/c1-12-10-19(13-2-4-14(5-3-13)20(21)25)23-18-7-6-15(11-16(12)18)17-8-9-22-24-17/h2-11H,1H3,(H2,21,25)(H,22,24). The van der Waals surface area contributed by atoms with Gasteiger partial charge in [0.25, 0.3) is 0 Å². The predicted octanol–water partition coefficient (Wildman–Crippen LogP) is 3.70. The molecular formula is C20H16N4O. The van der Waals surface area contributed by atoms with Crippen molar-refractivity contribution < 1.29 is 4.79 Å². The van der Waals surface area contributed by atoms with Crippen molar-refractivity contribution in [3.63, 3.8) is 0 Å². The fraction of sp³-hybridized carbons (Fsp3) is 0.0500. The van der Waals surface area contributed by atoms with E-state index in [9.17, 15) is 4.79 Å². The normalized spacial score (nSPS) is 10.9. The van der Waals surface area contributed by atoms with E-state index in [2.05, 4.69) is 29.3 Å². The molecular weight excluding hydrogens is 312 g/mol. The minimum absolute atomic E-state index is 0.430. The molecule has 2 aromatic carbocycles. The molecule has 0 atom stereocenters. The summed E-state index contributed by atoms with van der Waals surface area (Å²) in [6, 6.07) is 17.3. The zero-order valence-corrected chi connectivity index (χ0v) is 13.7. The van der Waals surface area contributed by atoms with E-state index in [0.29, 0.717) is 5.56 Å². The average Bonchev–Trinajstić information content (AvgIpc) is 3.16. The van der Waals surface area contributed by atoms with Gasteiger partial charge >= 0.3 is 0 Å². The Morgan fingerprint density at radius 2 is 1.76 bits per heavy atom. The van der Waals surface area contributed by atoms with Gasteiger partial charge in [0.2, 0.25) is 5.91 Å². The minimum Gasteiger partial charge on any atom is -0.366 e. The number of pyridine rings is 1. The molecule has 0 aliphatic carbocycles. The smallest absolute Gasteiger partial charge is 0.248 e. The average molecular weight is 328 g/mol. The Morgan fingerprint density at radius 3 is 2.44 bits per heavy atom. The van der Waals surface area contributed by atoms with Crippen LogP contribution in [0.15, 0.2) is 60.8 Å². The summed E-state index contributed by atoms with van der Waals surface area (Å²) in [7, 11) is 0. The number of nitrogens with one attached hydrogen (secondary N) is 1. The lowest BCUT2D eigenvalue weighted by Crippen LogP contribution is -2.10. The number of aromatic amines is 1. The zero-order chi connectivity index (χ0) is 17.4. The van der Waals surface area contributed by atoms with Gasteiger partial charge in [-0.2, -0.15) is 5.10 Å². The van der Waals surface area contributed by atoms with E-state index < -0.39 is 5.91 Å². The van der Waals surface area contributed by atoms with Gasteiger partial charge in [-0.05, 0) is 48.9 Å². The van der Waals surface area contributed by atoms with Crippen LogP contribution in [-0.2, 0) is 0 Å². The summed E-state index contributed by atoms with van der Waals surface area (Å²) < 4.78 is 0. The molecule has 0 saturated carbocycles. The highest BCUT2D eigenvalue weighted by Crippen LogP contribution is 2.28. The summed E-state index contributed by atoms with van der Waals surface area (Å²) in [6.07, 6.45) is 1.74. The molecule has 2 aromatic heterocycles. The van der Waals surface area contributed by atoms with Crippen molar-refractivity contribution in [2.45, 2.75) is 6.92 Å². The summed E-state index contributed by atoms with van der Waals surface area (Å²) in [4.78, 5) is 16.0. The molecule has 5 nitrogen and oxygen atoms in total. The van der Waals surface area contributed by atoms with Crippen molar-refractivity contribution in [1.29, 1.82) is 0 Å². The molecule has 4 rings (SSSR count). The molecule has 5 heteroatoms. The molecule has 2 heterocycles. The lowest BCUT2D eigenvalue weighted by molar-refractivity contribution is 0.100.